The van der Waals surface area contributed by atoms with Crippen molar-refractivity contribution >= 4 is 0 Å². The third-order valence-corrected chi connectivity index (χ3v) is 2.36. The fraction of sp³-hybridized carbons (Fsp3) is 1.00. The lowest BCUT2D eigenvalue weighted by molar-refractivity contribution is 0.0312. The average molecular weight is 230 g/mol. The van der Waals surface area contributed by atoms with Crippen LogP contribution in [0, 0.1) is 10.8 Å². The summed E-state index contributed by atoms with van der Waals surface area (Å²) in [6, 6.07) is 0. The van der Waals surface area contributed by atoms with E-state index >= 15 is 0 Å². The van der Waals surface area contributed by atoms with Crippen LogP contribution in [0.2, 0.25) is 0 Å². The molecule has 0 fully saturated rings. The Balaban J connectivity index is 3.17. The Kier molecular flexibility index (Phi) is 7.25. The molecule has 0 amide bonds. The molecule has 16 heavy (non-hydrogen) atoms. The summed E-state index contributed by atoms with van der Waals surface area (Å²) in [7, 11) is 0. The number of rotatable bonds is 7. The molecule has 98 valence electrons. The van der Waals surface area contributed by atoms with E-state index in [0.29, 0.717) is 10.8 Å². The number of hydrogen-bond acceptors (Lipinski definition) is 2. The molecule has 0 radical (unpaired) electrons. The normalized spacial score (nSPS) is 13.1. The van der Waals surface area contributed by atoms with Gasteiger partial charge in [0.05, 0.1) is 13.2 Å². The first kappa shape index (κ1) is 15.9. The summed E-state index contributed by atoms with van der Waals surface area (Å²) in [6.45, 7) is 16.5. The minimum Gasteiger partial charge on any atom is -0.379 e. The second-order valence-electron chi connectivity index (χ2n) is 6.85. The van der Waals surface area contributed by atoms with Gasteiger partial charge in [0.2, 0.25) is 0 Å². The Bertz CT molecular complexity index is 143. The van der Waals surface area contributed by atoms with Gasteiger partial charge in [0.25, 0.3) is 0 Å². The zero-order valence-corrected chi connectivity index (χ0v) is 12.1. The highest BCUT2D eigenvalue weighted by Crippen LogP contribution is 2.18. The molecule has 0 aliphatic heterocycles. The third kappa shape index (κ3) is 13.9. The Hall–Kier alpha value is -0.0800. The summed E-state index contributed by atoms with van der Waals surface area (Å²) >= 11 is 0. The van der Waals surface area contributed by atoms with Crippen LogP contribution in [0.25, 0.3) is 0 Å². The summed E-state index contributed by atoms with van der Waals surface area (Å²) in [5.74, 6) is 0. The molecule has 0 aromatic rings. The highest BCUT2D eigenvalue weighted by atomic mass is 16.5. The van der Waals surface area contributed by atoms with Crippen molar-refractivity contribution in [3.05, 3.63) is 0 Å². The highest BCUT2D eigenvalue weighted by molar-refractivity contribution is 4.60. The second kappa shape index (κ2) is 7.29. The Morgan fingerprint density at radius 1 is 0.562 bits per heavy atom. The predicted octanol–water partition coefficient (Wildman–Crippen LogP) is 3.89. The molecule has 2 heteroatoms. The van der Waals surface area contributed by atoms with E-state index in [1.165, 1.54) is 0 Å². The summed E-state index contributed by atoms with van der Waals surface area (Å²) in [5, 5.41) is 0. The van der Waals surface area contributed by atoms with Gasteiger partial charge in [-0.15, -0.1) is 0 Å². The predicted molar refractivity (Wildman–Crippen MR) is 69.8 cm³/mol. The molecule has 0 unspecified atom stereocenters. The summed E-state index contributed by atoms with van der Waals surface area (Å²) in [6.07, 6.45) is 2.21. The van der Waals surface area contributed by atoms with Gasteiger partial charge < -0.3 is 9.47 Å². The van der Waals surface area contributed by atoms with Gasteiger partial charge in [0.1, 0.15) is 0 Å². The van der Waals surface area contributed by atoms with Crippen LogP contribution >= 0.6 is 0 Å². The molecule has 0 aromatic heterocycles. The zero-order valence-electron chi connectivity index (χ0n) is 12.1. The zero-order chi connectivity index (χ0) is 12.7. The van der Waals surface area contributed by atoms with E-state index < -0.39 is 0 Å². The quantitative estimate of drug-likeness (QED) is 0.618. The second-order valence-corrected chi connectivity index (χ2v) is 6.85. The maximum atomic E-state index is 5.52. The van der Waals surface area contributed by atoms with E-state index in [4.69, 9.17) is 9.47 Å². The van der Waals surface area contributed by atoms with Crippen LogP contribution in [-0.4, -0.2) is 26.4 Å². The molecular formula is C14H30O2. The van der Waals surface area contributed by atoms with Crippen molar-refractivity contribution in [3.8, 4) is 0 Å². The van der Waals surface area contributed by atoms with Crippen LogP contribution in [0.1, 0.15) is 54.4 Å². The van der Waals surface area contributed by atoms with Crippen molar-refractivity contribution in [2.24, 2.45) is 10.8 Å². The molecule has 0 aliphatic rings. The lowest BCUT2D eigenvalue weighted by Crippen LogP contribution is -2.14. The SMILES string of the molecule is CC(C)(C)CCOCCOCCC(C)(C)C. The lowest BCUT2D eigenvalue weighted by atomic mass is 9.93. The van der Waals surface area contributed by atoms with E-state index in [9.17, 15) is 0 Å². The highest BCUT2D eigenvalue weighted by Gasteiger charge is 2.10. The van der Waals surface area contributed by atoms with Gasteiger partial charge >= 0.3 is 0 Å². The molecule has 0 spiro atoms. The molecule has 0 aromatic carbocycles. The standard InChI is InChI=1S/C14H30O2/c1-13(2,3)7-9-15-11-12-16-10-8-14(4,5)6/h7-12H2,1-6H3. The van der Waals surface area contributed by atoms with Crippen molar-refractivity contribution in [2.45, 2.75) is 54.4 Å². The first-order chi connectivity index (χ1) is 7.21. The topological polar surface area (TPSA) is 18.5 Å². The molecule has 0 saturated carbocycles. The minimum absolute atomic E-state index is 0.368. The van der Waals surface area contributed by atoms with E-state index in [1.54, 1.807) is 0 Å². The Morgan fingerprint density at radius 2 is 0.875 bits per heavy atom. The van der Waals surface area contributed by atoms with Gasteiger partial charge in [0.15, 0.2) is 0 Å². The molecule has 0 N–H and O–H groups in total. The van der Waals surface area contributed by atoms with Gasteiger partial charge in [-0.25, -0.2) is 0 Å². The molecule has 0 saturated heterocycles. The molecule has 0 rings (SSSR count). The molecule has 0 heterocycles. The fourth-order valence-electron chi connectivity index (χ4n) is 1.08. The monoisotopic (exact) mass is 230 g/mol. The largest absolute Gasteiger partial charge is 0.379 e. The fourth-order valence-corrected chi connectivity index (χ4v) is 1.08. The van der Waals surface area contributed by atoms with Crippen LogP contribution in [0.5, 0.6) is 0 Å². The molecular weight excluding hydrogens is 200 g/mol. The smallest absolute Gasteiger partial charge is 0.0700 e. The van der Waals surface area contributed by atoms with Gasteiger partial charge in [-0.2, -0.15) is 0 Å². The van der Waals surface area contributed by atoms with E-state index in [-0.39, 0.29) is 0 Å². The van der Waals surface area contributed by atoms with Crippen molar-refractivity contribution in [1.29, 1.82) is 0 Å². The van der Waals surface area contributed by atoms with Crippen molar-refractivity contribution in [1.82, 2.24) is 0 Å². The summed E-state index contributed by atoms with van der Waals surface area (Å²) < 4.78 is 11.0. The van der Waals surface area contributed by atoms with Crippen molar-refractivity contribution in [2.75, 3.05) is 26.4 Å². The average Bonchev–Trinajstić information content (AvgIpc) is 2.06. The van der Waals surface area contributed by atoms with Crippen LogP contribution < -0.4 is 0 Å². The first-order valence-electron chi connectivity index (χ1n) is 6.36. The van der Waals surface area contributed by atoms with Crippen LogP contribution in [0.15, 0.2) is 0 Å². The van der Waals surface area contributed by atoms with Crippen molar-refractivity contribution < 1.29 is 9.47 Å². The van der Waals surface area contributed by atoms with Crippen LogP contribution in [0.3, 0.4) is 0 Å². The van der Waals surface area contributed by atoms with Crippen molar-refractivity contribution in [3.63, 3.8) is 0 Å². The summed E-state index contributed by atoms with van der Waals surface area (Å²) in [5.41, 5.74) is 0.736. The molecule has 0 bridgehead atoms. The summed E-state index contributed by atoms with van der Waals surface area (Å²) in [4.78, 5) is 0. The third-order valence-electron chi connectivity index (χ3n) is 2.36. The maximum Gasteiger partial charge on any atom is 0.0700 e. The molecule has 0 aliphatic carbocycles. The van der Waals surface area contributed by atoms with Crippen LogP contribution in [0.4, 0.5) is 0 Å². The van der Waals surface area contributed by atoms with E-state index in [0.717, 1.165) is 39.3 Å². The maximum absolute atomic E-state index is 5.52. The Morgan fingerprint density at radius 3 is 1.12 bits per heavy atom. The minimum atomic E-state index is 0.368. The number of ether oxygens (including phenoxy) is 2. The van der Waals surface area contributed by atoms with E-state index in [2.05, 4.69) is 41.5 Å². The number of hydrogen-bond donors (Lipinski definition) is 0. The van der Waals surface area contributed by atoms with Gasteiger partial charge in [-0.05, 0) is 23.7 Å². The van der Waals surface area contributed by atoms with Crippen LogP contribution in [-0.2, 0) is 9.47 Å². The van der Waals surface area contributed by atoms with Gasteiger partial charge in [0, 0.05) is 13.2 Å². The lowest BCUT2D eigenvalue weighted by Gasteiger charge is -2.18. The van der Waals surface area contributed by atoms with Gasteiger partial charge in [-0.3, -0.25) is 0 Å². The molecule has 0 atom stereocenters. The van der Waals surface area contributed by atoms with Gasteiger partial charge in [-0.1, -0.05) is 41.5 Å². The van der Waals surface area contributed by atoms with E-state index in [1.807, 2.05) is 0 Å². The first-order valence-corrected chi connectivity index (χ1v) is 6.36. The Labute approximate surface area is 102 Å². The molecule has 2 nitrogen and oxygen atoms in total.